The van der Waals surface area contributed by atoms with Crippen molar-refractivity contribution in [2.75, 3.05) is 5.75 Å². The molecule has 2 nitrogen and oxygen atoms in total. The van der Waals surface area contributed by atoms with Crippen molar-refractivity contribution in [2.24, 2.45) is 0 Å². The van der Waals surface area contributed by atoms with Gasteiger partial charge in [0, 0.05) is 21.2 Å². The Bertz CT molecular complexity index is 656. The van der Waals surface area contributed by atoms with Gasteiger partial charge in [-0.2, -0.15) is 11.8 Å². The standard InChI is InChI=1S/C19H27NOS3/c1-12(2)22-11-17(23-13(3)4)18(24-14(5)6)19-20-15-9-7-8-10-16(15)21-19/h7-10,12-14H,11H2,1-6H3/b18-17-. The van der Waals surface area contributed by atoms with Crippen LogP contribution in [0.5, 0.6) is 0 Å². The summed E-state index contributed by atoms with van der Waals surface area (Å²) in [6.07, 6.45) is 0. The number of aromatic nitrogens is 1. The number of para-hydroxylation sites is 2. The number of rotatable bonds is 8. The molecule has 0 spiro atoms. The lowest BCUT2D eigenvalue weighted by Gasteiger charge is -2.17. The molecule has 0 fully saturated rings. The summed E-state index contributed by atoms with van der Waals surface area (Å²) in [5.74, 6) is 1.77. The monoisotopic (exact) mass is 381 g/mol. The minimum absolute atomic E-state index is 0.488. The van der Waals surface area contributed by atoms with Crippen LogP contribution >= 0.6 is 35.3 Å². The molecule has 24 heavy (non-hydrogen) atoms. The highest BCUT2D eigenvalue weighted by Gasteiger charge is 2.20. The molecule has 5 heteroatoms. The third-order valence-corrected chi connectivity index (χ3v) is 6.69. The van der Waals surface area contributed by atoms with Gasteiger partial charge in [0.2, 0.25) is 5.89 Å². The minimum atomic E-state index is 0.488. The number of nitrogens with zero attached hydrogens (tertiary/aromatic N) is 1. The molecule has 0 bridgehead atoms. The molecule has 0 aliphatic rings. The fourth-order valence-electron chi connectivity index (χ4n) is 2.12. The SMILES string of the molecule is CC(C)SC/C(SC(C)C)=C(/SC(C)C)c1nc2ccccc2o1. The highest BCUT2D eigenvalue weighted by molar-refractivity contribution is 8.12. The van der Waals surface area contributed by atoms with E-state index in [0.29, 0.717) is 15.7 Å². The summed E-state index contributed by atoms with van der Waals surface area (Å²) in [5.41, 5.74) is 1.79. The molecule has 1 aromatic heterocycles. The Balaban J connectivity index is 2.47. The van der Waals surface area contributed by atoms with Crippen LogP contribution in [0.15, 0.2) is 33.6 Å². The van der Waals surface area contributed by atoms with E-state index in [1.165, 1.54) is 9.81 Å². The van der Waals surface area contributed by atoms with Gasteiger partial charge in [0.1, 0.15) is 5.52 Å². The summed E-state index contributed by atoms with van der Waals surface area (Å²) >= 11 is 5.77. The molecule has 2 aromatic rings. The molecule has 0 amide bonds. The van der Waals surface area contributed by atoms with Gasteiger partial charge in [-0.05, 0) is 17.4 Å². The van der Waals surface area contributed by atoms with Gasteiger partial charge >= 0.3 is 0 Å². The third kappa shape index (κ3) is 5.78. The summed E-state index contributed by atoms with van der Waals surface area (Å²) in [7, 11) is 0. The summed E-state index contributed by atoms with van der Waals surface area (Å²) in [5, 5.41) is 1.64. The van der Waals surface area contributed by atoms with Gasteiger partial charge in [-0.15, -0.1) is 23.5 Å². The number of hydrogen-bond acceptors (Lipinski definition) is 5. The average molecular weight is 382 g/mol. The summed E-state index contributed by atoms with van der Waals surface area (Å²) < 4.78 is 6.09. The molecule has 2 rings (SSSR count). The van der Waals surface area contributed by atoms with E-state index in [1.807, 2.05) is 59.6 Å². The van der Waals surface area contributed by atoms with Gasteiger partial charge in [-0.25, -0.2) is 4.98 Å². The second kappa shape index (κ2) is 9.25. The van der Waals surface area contributed by atoms with Crippen LogP contribution in [0.4, 0.5) is 0 Å². The van der Waals surface area contributed by atoms with Gasteiger partial charge in [0.25, 0.3) is 0 Å². The zero-order valence-corrected chi connectivity index (χ0v) is 17.8. The zero-order chi connectivity index (χ0) is 17.7. The maximum absolute atomic E-state index is 6.09. The van der Waals surface area contributed by atoms with Crippen molar-refractivity contribution in [3.63, 3.8) is 0 Å². The van der Waals surface area contributed by atoms with Gasteiger partial charge in [-0.3, -0.25) is 0 Å². The predicted molar refractivity (Wildman–Crippen MR) is 114 cm³/mol. The largest absolute Gasteiger partial charge is 0.436 e. The molecule has 0 atom stereocenters. The van der Waals surface area contributed by atoms with E-state index in [1.54, 1.807) is 0 Å². The molecule has 0 aliphatic carbocycles. The van der Waals surface area contributed by atoms with Gasteiger partial charge in [-0.1, -0.05) is 53.7 Å². The van der Waals surface area contributed by atoms with Gasteiger partial charge in [0.15, 0.2) is 5.58 Å². The molecule has 0 radical (unpaired) electrons. The highest BCUT2D eigenvalue weighted by atomic mass is 32.2. The minimum Gasteiger partial charge on any atom is -0.436 e. The summed E-state index contributed by atoms with van der Waals surface area (Å²) in [4.78, 5) is 7.34. The molecule has 0 saturated heterocycles. The van der Waals surface area contributed by atoms with Crippen molar-refractivity contribution >= 4 is 51.3 Å². The lowest BCUT2D eigenvalue weighted by Crippen LogP contribution is -2.00. The van der Waals surface area contributed by atoms with Crippen LogP contribution in [-0.4, -0.2) is 26.5 Å². The molecule has 0 saturated carbocycles. The van der Waals surface area contributed by atoms with Crippen LogP contribution in [0.1, 0.15) is 47.4 Å². The predicted octanol–water partition coefficient (Wildman–Crippen LogP) is 6.92. The van der Waals surface area contributed by atoms with Gasteiger partial charge in [0.05, 0.1) is 4.91 Å². The van der Waals surface area contributed by atoms with Gasteiger partial charge < -0.3 is 4.42 Å². The topological polar surface area (TPSA) is 26.0 Å². The first kappa shape index (κ1) is 19.8. The van der Waals surface area contributed by atoms with E-state index in [0.717, 1.165) is 22.7 Å². The van der Waals surface area contributed by atoms with Crippen LogP contribution < -0.4 is 0 Å². The Morgan fingerprint density at radius 3 is 2.21 bits per heavy atom. The molecule has 0 aliphatic heterocycles. The molecular weight excluding hydrogens is 354 g/mol. The second-order valence-corrected chi connectivity index (χ2v) is 11.3. The molecule has 132 valence electrons. The zero-order valence-electron chi connectivity index (χ0n) is 15.3. The number of fused-ring (bicyclic) bond motifs is 1. The molecule has 0 N–H and O–H groups in total. The number of benzene rings is 1. The third-order valence-electron chi connectivity index (χ3n) is 3.02. The van der Waals surface area contributed by atoms with Crippen LogP contribution in [0.2, 0.25) is 0 Å². The number of oxazole rings is 1. The van der Waals surface area contributed by atoms with E-state index in [2.05, 4.69) is 41.5 Å². The Kier molecular flexibility index (Phi) is 7.63. The van der Waals surface area contributed by atoms with Crippen LogP contribution in [-0.2, 0) is 0 Å². The Labute approximate surface area is 158 Å². The number of thioether (sulfide) groups is 3. The van der Waals surface area contributed by atoms with E-state index < -0.39 is 0 Å². The lowest BCUT2D eigenvalue weighted by atomic mass is 10.3. The number of hydrogen-bond donors (Lipinski definition) is 0. The first-order chi connectivity index (χ1) is 11.4. The van der Waals surface area contributed by atoms with E-state index >= 15 is 0 Å². The second-order valence-electron chi connectivity index (χ2n) is 6.43. The quantitative estimate of drug-likeness (QED) is 0.494. The summed E-state index contributed by atoms with van der Waals surface area (Å²) in [6.45, 7) is 13.4. The molecule has 1 heterocycles. The highest BCUT2D eigenvalue weighted by Crippen LogP contribution is 2.41. The Morgan fingerprint density at radius 2 is 1.62 bits per heavy atom. The Hall–Kier alpha value is -0.520. The van der Waals surface area contributed by atoms with Crippen molar-refractivity contribution in [3.05, 3.63) is 35.1 Å². The van der Waals surface area contributed by atoms with E-state index in [9.17, 15) is 0 Å². The van der Waals surface area contributed by atoms with Crippen molar-refractivity contribution in [2.45, 2.75) is 57.3 Å². The molecule has 1 aromatic carbocycles. The smallest absolute Gasteiger partial charge is 0.234 e. The average Bonchev–Trinajstić information content (AvgIpc) is 2.92. The first-order valence-electron chi connectivity index (χ1n) is 8.40. The van der Waals surface area contributed by atoms with Crippen molar-refractivity contribution in [1.29, 1.82) is 0 Å². The van der Waals surface area contributed by atoms with Crippen molar-refractivity contribution in [1.82, 2.24) is 4.98 Å². The fraction of sp³-hybridized carbons (Fsp3) is 0.526. The van der Waals surface area contributed by atoms with Crippen molar-refractivity contribution < 1.29 is 4.42 Å². The van der Waals surface area contributed by atoms with Crippen LogP contribution in [0.25, 0.3) is 16.0 Å². The van der Waals surface area contributed by atoms with Crippen molar-refractivity contribution in [3.8, 4) is 0 Å². The summed E-state index contributed by atoms with van der Waals surface area (Å²) in [6, 6.07) is 8.00. The maximum atomic E-state index is 6.09. The maximum Gasteiger partial charge on any atom is 0.234 e. The Morgan fingerprint density at radius 1 is 0.958 bits per heavy atom. The van der Waals surface area contributed by atoms with E-state index in [-0.39, 0.29) is 0 Å². The van der Waals surface area contributed by atoms with E-state index in [4.69, 9.17) is 9.40 Å². The lowest BCUT2D eigenvalue weighted by molar-refractivity contribution is 0.587. The molecule has 0 unspecified atom stereocenters. The first-order valence-corrected chi connectivity index (χ1v) is 11.2. The van der Waals surface area contributed by atoms with Crippen LogP contribution in [0, 0.1) is 0 Å². The van der Waals surface area contributed by atoms with Crippen LogP contribution in [0.3, 0.4) is 0 Å². The molecular formula is C19H27NOS3. The normalized spacial score (nSPS) is 13.4. The fourth-order valence-corrected chi connectivity index (χ4v) is 5.23.